The second-order valence-corrected chi connectivity index (χ2v) is 8.70. The van der Waals surface area contributed by atoms with Crippen molar-refractivity contribution in [1.82, 2.24) is 10.2 Å². The highest BCUT2D eigenvalue weighted by atomic mass is 32.2. The topological polar surface area (TPSA) is 68.0 Å². The van der Waals surface area contributed by atoms with E-state index in [2.05, 4.69) is 53.6 Å². The van der Waals surface area contributed by atoms with E-state index in [1.807, 2.05) is 30.2 Å². The second-order valence-electron chi connectivity index (χ2n) is 6.17. The van der Waals surface area contributed by atoms with Gasteiger partial charge in [0.25, 0.3) is 5.91 Å². The van der Waals surface area contributed by atoms with Crippen molar-refractivity contribution in [3.8, 4) is 0 Å². The van der Waals surface area contributed by atoms with E-state index in [0.717, 1.165) is 10.5 Å². The van der Waals surface area contributed by atoms with E-state index in [0.29, 0.717) is 23.1 Å². The van der Waals surface area contributed by atoms with Crippen molar-refractivity contribution >= 4 is 35.4 Å². The number of hydrogen-bond donors (Lipinski definition) is 1. The number of rotatable bonds is 7. The molecule has 1 aromatic heterocycles. The minimum absolute atomic E-state index is 0.107. The minimum Gasteiger partial charge on any atom is -0.407 e. The van der Waals surface area contributed by atoms with Crippen LogP contribution in [0.5, 0.6) is 0 Å². The Bertz CT molecular complexity index is 890. The van der Waals surface area contributed by atoms with Gasteiger partial charge in [0, 0.05) is 20.6 Å². The lowest BCUT2D eigenvalue weighted by molar-refractivity contribution is 0.102. The molecule has 0 saturated carbocycles. The summed E-state index contributed by atoms with van der Waals surface area (Å²) in [5.41, 5.74) is 1.63. The fraction of sp³-hybridized carbons (Fsp3) is 0.250. The molecular weight excluding hydrogens is 378 g/mol. The Kier molecular flexibility index (Phi) is 6.58. The maximum absolute atomic E-state index is 12.3. The number of nitrogens with one attached hydrogen (secondary N) is 1. The van der Waals surface area contributed by atoms with Gasteiger partial charge in [-0.1, -0.05) is 31.1 Å². The zero-order chi connectivity index (χ0) is 19.2. The van der Waals surface area contributed by atoms with Crippen molar-refractivity contribution < 1.29 is 9.21 Å². The number of hydrogen-bond acceptors (Lipinski definition) is 6. The third kappa shape index (κ3) is 5.61. The maximum Gasteiger partial charge on any atom is 0.322 e. The maximum atomic E-state index is 12.3. The lowest BCUT2D eigenvalue weighted by Crippen LogP contribution is -2.11. The zero-order valence-corrected chi connectivity index (χ0v) is 17.1. The molecule has 0 saturated heterocycles. The van der Waals surface area contributed by atoms with Gasteiger partial charge in [-0.25, -0.2) is 0 Å². The second kappa shape index (κ2) is 9.10. The zero-order valence-electron chi connectivity index (χ0n) is 15.4. The molecule has 1 heterocycles. The highest BCUT2D eigenvalue weighted by Crippen LogP contribution is 2.23. The first-order valence-corrected chi connectivity index (χ1v) is 10.7. The van der Waals surface area contributed by atoms with Gasteiger partial charge >= 0.3 is 6.01 Å². The molecule has 0 aliphatic carbocycles. The third-order valence-corrected chi connectivity index (χ3v) is 5.45. The number of carbonyl (C=O) groups excluding carboxylic acids is 1. The van der Waals surface area contributed by atoms with Gasteiger partial charge in [-0.2, -0.15) is 0 Å². The van der Waals surface area contributed by atoms with E-state index in [4.69, 9.17) is 4.42 Å². The number of anilines is 1. The number of benzene rings is 2. The molecule has 0 radical (unpaired) electrons. The first-order chi connectivity index (χ1) is 13.0. The monoisotopic (exact) mass is 399 g/mol. The predicted octanol–water partition coefficient (Wildman–Crippen LogP) is 5.14. The molecule has 2 aromatic carbocycles. The van der Waals surface area contributed by atoms with E-state index < -0.39 is 0 Å². The van der Waals surface area contributed by atoms with Crippen molar-refractivity contribution in [3.63, 3.8) is 0 Å². The van der Waals surface area contributed by atoms with Gasteiger partial charge in [-0.3, -0.25) is 10.1 Å². The predicted molar refractivity (Wildman–Crippen MR) is 111 cm³/mol. The van der Waals surface area contributed by atoms with E-state index in [9.17, 15) is 4.79 Å². The van der Waals surface area contributed by atoms with Crippen LogP contribution in [0.2, 0.25) is 0 Å². The molecule has 3 rings (SSSR count). The van der Waals surface area contributed by atoms with Crippen LogP contribution < -0.4 is 5.32 Å². The Hall–Kier alpha value is -2.25. The molecule has 0 aliphatic heterocycles. The summed E-state index contributed by atoms with van der Waals surface area (Å²) in [6, 6.07) is 15.8. The highest BCUT2D eigenvalue weighted by Gasteiger charge is 2.12. The summed E-state index contributed by atoms with van der Waals surface area (Å²) in [5, 5.41) is 11.1. The van der Waals surface area contributed by atoms with Crippen molar-refractivity contribution in [2.45, 2.75) is 35.3 Å². The van der Waals surface area contributed by atoms with Crippen LogP contribution in [0.15, 0.2) is 62.7 Å². The van der Waals surface area contributed by atoms with Crippen molar-refractivity contribution in [3.05, 3.63) is 65.5 Å². The summed E-state index contributed by atoms with van der Waals surface area (Å²) >= 11 is 3.45. The SMILES string of the molecule is CSc1ccc(C(=O)Nc2nnc(Cc3ccc(SC(C)C)cc3)o2)cc1. The van der Waals surface area contributed by atoms with Gasteiger partial charge in [0.05, 0.1) is 6.42 Å². The molecule has 0 fully saturated rings. The third-order valence-electron chi connectivity index (χ3n) is 3.69. The highest BCUT2D eigenvalue weighted by molar-refractivity contribution is 8.00. The van der Waals surface area contributed by atoms with Gasteiger partial charge in [0.15, 0.2) is 0 Å². The average molecular weight is 400 g/mol. The molecule has 0 unspecified atom stereocenters. The lowest BCUT2D eigenvalue weighted by Gasteiger charge is -2.05. The summed E-state index contributed by atoms with van der Waals surface area (Å²) in [5.74, 6) is 0.195. The van der Waals surface area contributed by atoms with Gasteiger partial charge in [0.1, 0.15) is 0 Å². The fourth-order valence-electron chi connectivity index (χ4n) is 2.42. The van der Waals surface area contributed by atoms with Gasteiger partial charge in [0.2, 0.25) is 5.89 Å². The van der Waals surface area contributed by atoms with Crippen molar-refractivity contribution in [2.24, 2.45) is 0 Å². The molecule has 0 atom stereocenters. The van der Waals surface area contributed by atoms with Crippen LogP contribution in [-0.2, 0) is 6.42 Å². The number of amides is 1. The fourth-order valence-corrected chi connectivity index (χ4v) is 3.67. The molecule has 3 aromatic rings. The van der Waals surface area contributed by atoms with Crippen LogP contribution >= 0.6 is 23.5 Å². The molecule has 0 aliphatic rings. The summed E-state index contributed by atoms with van der Waals surface area (Å²) in [6.07, 6.45) is 2.52. The molecule has 27 heavy (non-hydrogen) atoms. The van der Waals surface area contributed by atoms with E-state index in [-0.39, 0.29) is 11.9 Å². The standard InChI is InChI=1S/C20H21N3O2S2/c1-13(2)27-17-8-4-14(5-9-17)12-18-22-23-20(25-18)21-19(24)15-6-10-16(26-3)11-7-15/h4-11,13H,12H2,1-3H3,(H,21,23,24). The Morgan fingerprint density at radius 3 is 2.33 bits per heavy atom. The molecule has 0 spiro atoms. The number of aromatic nitrogens is 2. The Balaban J connectivity index is 1.59. The summed E-state index contributed by atoms with van der Waals surface area (Å²) in [4.78, 5) is 14.6. The minimum atomic E-state index is -0.270. The van der Waals surface area contributed by atoms with Crippen LogP contribution in [0.3, 0.4) is 0 Å². The Morgan fingerprint density at radius 2 is 1.70 bits per heavy atom. The van der Waals surface area contributed by atoms with E-state index in [1.54, 1.807) is 23.9 Å². The van der Waals surface area contributed by atoms with Gasteiger partial charge in [-0.05, 0) is 48.2 Å². The van der Waals surface area contributed by atoms with Crippen LogP contribution in [0, 0.1) is 0 Å². The summed E-state index contributed by atoms with van der Waals surface area (Å²) in [7, 11) is 0. The van der Waals surface area contributed by atoms with Crippen LogP contribution in [0.1, 0.15) is 35.7 Å². The Labute approximate surface area is 167 Å². The quantitative estimate of drug-likeness (QED) is 0.555. The number of carbonyl (C=O) groups is 1. The Morgan fingerprint density at radius 1 is 1.04 bits per heavy atom. The molecule has 0 bridgehead atoms. The van der Waals surface area contributed by atoms with Crippen LogP contribution in [0.25, 0.3) is 0 Å². The molecule has 7 heteroatoms. The van der Waals surface area contributed by atoms with Gasteiger partial charge < -0.3 is 4.42 Å². The smallest absolute Gasteiger partial charge is 0.322 e. The lowest BCUT2D eigenvalue weighted by atomic mass is 10.1. The average Bonchev–Trinajstić information content (AvgIpc) is 3.09. The molecule has 140 valence electrons. The first kappa shape index (κ1) is 19.5. The molecule has 1 N–H and O–H groups in total. The largest absolute Gasteiger partial charge is 0.407 e. The van der Waals surface area contributed by atoms with Crippen LogP contribution in [0.4, 0.5) is 6.01 Å². The summed E-state index contributed by atoms with van der Waals surface area (Å²) < 4.78 is 5.56. The summed E-state index contributed by atoms with van der Waals surface area (Å²) in [6.45, 7) is 4.34. The van der Waals surface area contributed by atoms with E-state index in [1.165, 1.54) is 4.90 Å². The molecule has 5 nitrogen and oxygen atoms in total. The van der Waals surface area contributed by atoms with Gasteiger partial charge in [-0.15, -0.1) is 28.6 Å². The first-order valence-electron chi connectivity index (χ1n) is 8.57. The molecule has 1 amide bonds. The van der Waals surface area contributed by atoms with Crippen LogP contribution in [-0.4, -0.2) is 27.6 Å². The number of thioether (sulfide) groups is 2. The van der Waals surface area contributed by atoms with Crippen molar-refractivity contribution in [1.29, 1.82) is 0 Å². The number of nitrogens with zero attached hydrogens (tertiary/aromatic N) is 2. The molecular formula is C20H21N3O2S2. The van der Waals surface area contributed by atoms with Crippen molar-refractivity contribution in [2.75, 3.05) is 11.6 Å². The van der Waals surface area contributed by atoms with E-state index >= 15 is 0 Å². The normalized spacial score (nSPS) is 11.0.